The van der Waals surface area contributed by atoms with Crippen LogP contribution < -0.4 is 10.2 Å². The molecule has 4 aromatic rings. The van der Waals surface area contributed by atoms with E-state index in [1.165, 1.54) is 28.3 Å². The third-order valence-electron chi connectivity index (χ3n) is 6.52. The molecule has 154 valence electrons. The Bertz CT molecular complexity index is 1220. The average molecular weight is 439 g/mol. The maximum Gasteiger partial charge on any atom is 0.138 e. The highest BCUT2D eigenvalue weighted by molar-refractivity contribution is 6.30. The summed E-state index contributed by atoms with van der Waals surface area (Å²) in [4.78, 5) is 7.55. The van der Waals surface area contributed by atoms with Gasteiger partial charge in [0.05, 0.1) is 11.0 Å². The fraction of sp³-hybridized carbons (Fsp3) is 0.292. The van der Waals surface area contributed by atoms with Crippen molar-refractivity contribution in [1.29, 1.82) is 0 Å². The van der Waals surface area contributed by atoms with E-state index < -0.39 is 0 Å². The first-order valence-electron chi connectivity index (χ1n) is 10.3. The smallest absolute Gasteiger partial charge is 0.138 e. The lowest BCUT2D eigenvalue weighted by Gasteiger charge is -2.48. The molecule has 4 heterocycles. The first-order chi connectivity index (χ1) is 14.2. The molecule has 0 aliphatic carbocycles. The van der Waals surface area contributed by atoms with Crippen molar-refractivity contribution in [1.82, 2.24) is 14.9 Å². The van der Waals surface area contributed by atoms with Crippen LogP contribution >= 0.6 is 24.0 Å². The van der Waals surface area contributed by atoms with Gasteiger partial charge < -0.3 is 14.8 Å². The number of rotatable bonds is 3. The minimum atomic E-state index is 0. The van der Waals surface area contributed by atoms with E-state index in [1.807, 2.05) is 18.2 Å². The number of hydrogen-bond donors (Lipinski definition) is 1. The molecule has 6 heteroatoms. The summed E-state index contributed by atoms with van der Waals surface area (Å²) in [5.41, 5.74) is 3.98. The predicted octanol–water partition coefficient (Wildman–Crippen LogP) is 5.11. The van der Waals surface area contributed by atoms with E-state index in [0.717, 1.165) is 49.1 Å². The summed E-state index contributed by atoms with van der Waals surface area (Å²) in [5.74, 6) is 1.13. The molecular weight excluding hydrogens is 415 g/mol. The SMILES string of the molecule is Cl.Clc1cccc(Cn2ccc3c(N4CC5(CCNC5)C4)nc4ccccc4c32)c1. The molecule has 0 atom stereocenters. The summed E-state index contributed by atoms with van der Waals surface area (Å²) in [6.45, 7) is 5.27. The van der Waals surface area contributed by atoms with Gasteiger partial charge in [0.25, 0.3) is 0 Å². The summed E-state index contributed by atoms with van der Waals surface area (Å²) >= 11 is 6.22. The van der Waals surface area contributed by atoms with Gasteiger partial charge in [0, 0.05) is 53.6 Å². The van der Waals surface area contributed by atoms with E-state index >= 15 is 0 Å². The lowest BCUT2D eigenvalue weighted by atomic mass is 9.79. The van der Waals surface area contributed by atoms with Gasteiger partial charge in [0.1, 0.15) is 5.82 Å². The molecule has 30 heavy (non-hydrogen) atoms. The molecule has 1 spiro atoms. The summed E-state index contributed by atoms with van der Waals surface area (Å²) < 4.78 is 2.33. The van der Waals surface area contributed by atoms with Gasteiger partial charge in [-0.05, 0) is 42.8 Å². The number of nitrogens with zero attached hydrogens (tertiary/aromatic N) is 3. The summed E-state index contributed by atoms with van der Waals surface area (Å²) in [5, 5.41) is 6.75. The molecule has 0 radical (unpaired) electrons. The van der Waals surface area contributed by atoms with Gasteiger partial charge >= 0.3 is 0 Å². The van der Waals surface area contributed by atoms with Crippen LogP contribution in [0.5, 0.6) is 0 Å². The Kier molecular flexibility index (Phi) is 4.89. The number of pyridine rings is 1. The van der Waals surface area contributed by atoms with Crippen LogP contribution in [0, 0.1) is 5.41 Å². The van der Waals surface area contributed by atoms with Crippen LogP contribution in [0.3, 0.4) is 0 Å². The van der Waals surface area contributed by atoms with Gasteiger partial charge in [-0.2, -0.15) is 0 Å². The number of benzene rings is 2. The van der Waals surface area contributed by atoms with Gasteiger partial charge in [-0.3, -0.25) is 0 Å². The van der Waals surface area contributed by atoms with E-state index in [4.69, 9.17) is 16.6 Å². The number of aromatic nitrogens is 2. The van der Waals surface area contributed by atoms with E-state index in [1.54, 1.807) is 0 Å². The number of hydrogen-bond acceptors (Lipinski definition) is 3. The van der Waals surface area contributed by atoms with Crippen LogP contribution in [0.25, 0.3) is 21.8 Å². The van der Waals surface area contributed by atoms with Crippen molar-refractivity contribution in [3.63, 3.8) is 0 Å². The lowest BCUT2D eigenvalue weighted by molar-refractivity contribution is 0.242. The minimum absolute atomic E-state index is 0. The number of halogens is 2. The van der Waals surface area contributed by atoms with Gasteiger partial charge in [-0.15, -0.1) is 12.4 Å². The molecular formula is C24H24Cl2N4. The van der Waals surface area contributed by atoms with Crippen LogP contribution in [0.2, 0.25) is 5.02 Å². The molecule has 2 aliphatic rings. The Morgan fingerprint density at radius 1 is 1.03 bits per heavy atom. The normalized spacial score (nSPS) is 17.4. The molecule has 2 aromatic carbocycles. The lowest BCUT2D eigenvalue weighted by Crippen LogP contribution is -2.57. The standard InChI is InChI=1S/C24H23ClN4.ClH/c25-18-5-3-4-17(12-18)13-28-11-8-20-22(28)19-6-1-2-7-21(19)27-23(20)29-15-24(16-29)9-10-26-14-24;/h1-8,11-12,26H,9-10,13-16H2;1H. The van der Waals surface area contributed by atoms with Crippen molar-refractivity contribution in [2.75, 3.05) is 31.1 Å². The molecule has 2 aromatic heterocycles. The van der Waals surface area contributed by atoms with Crippen LogP contribution in [-0.4, -0.2) is 35.7 Å². The second-order valence-electron chi connectivity index (χ2n) is 8.57. The molecule has 0 unspecified atom stereocenters. The highest BCUT2D eigenvalue weighted by Gasteiger charge is 2.45. The fourth-order valence-corrected chi connectivity index (χ4v) is 5.29. The van der Waals surface area contributed by atoms with Crippen molar-refractivity contribution in [2.24, 2.45) is 5.41 Å². The maximum absolute atomic E-state index is 6.22. The van der Waals surface area contributed by atoms with Crippen molar-refractivity contribution in [2.45, 2.75) is 13.0 Å². The van der Waals surface area contributed by atoms with E-state index in [0.29, 0.717) is 5.41 Å². The Morgan fingerprint density at radius 2 is 1.90 bits per heavy atom. The molecule has 6 rings (SSSR count). The van der Waals surface area contributed by atoms with Gasteiger partial charge in [-0.1, -0.05) is 41.9 Å². The topological polar surface area (TPSA) is 33.1 Å². The largest absolute Gasteiger partial charge is 0.355 e. The second-order valence-corrected chi connectivity index (χ2v) is 9.01. The highest BCUT2D eigenvalue weighted by Crippen LogP contribution is 2.42. The third kappa shape index (κ3) is 3.15. The van der Waals surface area contributed by atoms with Crippen molar-refractivity contribution >= 4 is 51.6 Å². The van der Waals surface area contributed by atoms with Crippen molar-refractivity contribution < 1.29 is 0 Å². The molecule has 0 bridgehead atoms. The Balaban J connectivity index is 0.00000193. The number of fused-ring (bicyclic) bond motifs is 3. The van der Waals surface area contributed by atoms with Crippen LogP contribution in [0.1, 0.15) is 12.0 Å². The molecule has 2 saturated heterocycles. The number of para-hydroxylation sites is 1. The predicted molar refractivity (Wildman–Crippen MR) is 127 cm³/mol. The zero-order valence-corrected chi connectivity index (χ0v) is 18.2. The third-order valence-corrected chi connectivity index (χ3v) is 6.75. The Morgan fingerprint density at radius 3 is 2.70 bits per heavy atom. The zero-order chi connectivity index (χ0) is 19.4. The average Bonchev–Trinajstić information content (AvgIpc) is 3.34. The molecule has 2 fully saturated rings. The maximum atomic E-state index is 6.22. The van der Waals surface area contributed by atoms with Gasteiger partial charge in [0.15, 0.2) is 0 Å². The molecule has 0 saturated carbocycles. The van der Waals surface area contributed by atoms with E-state index in [2.05, 4.69) is 57.4 Å². The fourth-order valence-electron chi connectivity index (χ4n) is 5.08. The van der Waals surface area contributed by atoms with Crippen molar-refractivity contribution in [3.05, 3.63) is 71.4 Å². The Hall–Kier alpha value is -2.27. The molecule has 2 aliphatic heterocycles. The number of nitrogens with one attached hydrogen (secondary N) is 1. The quantitative estimate of drug-likeness (QED) is 0.482. The summed E-state index contributed by atoms with van der Waals surface area (Å²) in [6, 6.07) is 18.8. The minimum Gasteiger partial charge on any atom is -0.355 e. The Labute approximate surface area is 187 Å². The van der Waals surface area contributed by atoms with Gasteiger partial charge in [0.2, 0.25) is 0 Å². The zero-order valence-electron chi connectivity index (χ0n) is 16.6. The highest BCUT2D eigenvalue weighted by atomic mass is 35.5. The molecule has 1 N–H and O–H groups in total. The summed E-state index contributed by atoms with van der Waals surface area (Å²) in [6.07, 6.45) is 3.46. The number of anilines is 1. The molecule has 0 amide bonds. The van der Waals surface area contributed by atoms with Crippen LogP contribution in [0.15, 0.2) is 60.8 Å². The van der Waals surface area contributed by atoms with Crippen LogP contribution in [0.4, 0.5) is 5.82 Å². The van der Waals surface area contributed by atoms with Crippen molar-refractivity contribution in [3.8, 4) is 0 Å². The van der Waals surface area contributed by atoms with E-state index in [9.17, 15) is 0 Å². The van der Waals surface area contributed by atoms with E-state index in [-0.39, 0.29) is 12.4 Å². The summed E-state index contributed by atoms with van der Waals surface area (Å²) in [7, 11) is 0. The first-order valence-corrected chi connectivity index (χ1v) is 10.7. The first kappa shape index (κ1) is 19.7. The van der Waals surface area contributed by atoms with Gasteiger partial charge in [-0.25, -0.2) is 4.98 Å². The van der Waals surface area contributed by atoms with Crippen LogP contribution in [-0.2, 0) is 6.54 Å². The monoisotopic (exact) mass is 438 g/mol. The molecule has 4 nitrogen and oxygen atoms in total. The second kappa shape index (κ2) is 7.45.